The Morgan fingerprint density at radius 3 is 2.12 bits per heavy atom. The van der Waals surface area contributed by atoms with Crippen molar-refractivity contribution in [3.63, 3.8) is 0 Å². The molecule has 0 saturated heterocycles. The molecule has 0 aromatic heterocycles. The minimum atomic E-state index is -0.151. The molecule has 3 heteroatoms. The van der Waals surface area contributed by atoms with Crippen molar-refractivity contribution in [3.8, 4) is 0 Å². The van der Waals surface area contributed by atoms with Crippen molar-refractivity contribution >= 4 is 0 Å². The van der Waals surface area contributed by atoms with E-state index < -0.39 is 0 Å². The van der Waals surface area contributed by atoms with Gasteiger partial charge in [0.2, 0.25) is 0 Å². The molecule has 0 atom stereocenters. The number of hydrogen-bond acceptors (Lipinski definition) is 3. The maximum atomic E-state index is 5.27. The molecule has 3 nitrogen and oxygen atoms in total. The molecule has 0 amide bonds. The van der Waals surface area contributed by atoms with Crippen molar-refractivity contribution in [2.24, 2.45) is 17.2 Å². The lowest BCUT2D eigenvalue weighted by atomic mass is 10.2. The van der Waals surface area contributed by atoms with E-state index in [1.54, 1.807) is 0 Å². The van der Waals surface area contributed by atoms with E-state index in [0.29, 0.717) is 0 Å². The molecule has 6 N–H and O–H groups in total. The van der Waals surface area contributed by atoms with E-state index in [-0.39, 0.29) is 6.17 Å². The first-order valence-corrected chi connectivity index (χ1v) is 2.98. The molecule has 50 valence electrons. The Bertz CT molecular complexity index is 44.9. The molecule has 0 aromatic rings. The van der Waals surface area contributed by atoms with Crippen LogP contribution in [0.4, 0.5) is 0 Å². The van der Waals surface area contributed by atoms with Crippen LogP contribution in [0, 0.1) is 0 Å². The molecule has 0 spiro atoms. The van der Waals surface area contributed by atoms with Gasteiger partial charge in [-0.1, -0.05) is 0 Å². The monoisotopic (exact) mass is 117 g/mol. The van der Waals surface area contributed by atoms with Crippen LogP contribution < -0.4 is 17.2 Å². The van der Waals surface area contributed by atoms with Crippen molar-refractivity contribution in [2.45, 2.75) is 25.4 Å². The highest BCUT2D eigenvalue weighted by Crippen LogP contribution is 1.91. The van der Waals surface area contributed by atoms with Gasteiger partial charge in [-0.2, -0.15) is 0 Å². The summed E-state index contributed by atoms with van der Waals surface area (Å²) in [6.07, 6.45) is 2.82. The highest BCUT2D eigenvalue weighted by Gasteiger charge is 1.90. The Hall–Kier alpha value is -0.120. The molecule has 0 bridgehead atoms. The molecule has 0 saturated carbocycles. The van der Waals surface area contributed by atoms with Crippen molar-refractivity contribution in [2.75, 3.05) is 6.54 Å². The lowest BCUT2D eigenvalue weighted by Crippen LogP contribution is -2.30. The third-order valence-electron chi connectivity index (χ3n) is 0.992. The zero-order chi connectivity index (χ0) is 6.41. The fourth-order valence-corrected chi connectivity index (χ4v) is 0.524. The highest BCUT2D eigenvalue weighted by atomic mass is 14.8. The standard InChI is InChI=1S/C5H15N3/c6-4-2-1-3-5(7)8/h5H,1-4,6-8H2. The number of hydrogen-bond donors (Lipinski definition) is 3. The molecule has 0 aromatic carbocycles. The summed E-state index contributed by atoms with van der Waals surface area (Å²) in [5.41, 5.74) is 15.8. The first-order chi connectivity index (χ1) is 3.77. The van der Waals surface area contributed by atoms with E-state index in [0.717, 1.165) is 25.8 Å². The van der Waals surface area contributed by atoms with Crippen LogP contribution in [0.1, 0.15) is 19.3 Å². The molecule has 0 aliphatic carbocycles. The lowest BCUT2D eigenvalue weighted by molar-refractivity contribution is 0.584. The Morgan fingerprint density at radius 2 is 1.75 bits per heavy atom. The second-order valence-electron chi connectivity index (χ2n) is 1.95. The summed E-state index contributed by atoms with van der Waals surface area (Å²) in [6, 6.07) is 0. The van der Waals surface area contributed by atoms with E-state index in [2.05, 4.69) is 0 Å². The van der Waals surface area contributed by atoms with Gasteiger partial charge >= 0.3 is 0 Å². The summed E-state index contributed by atoms with van der Waals surface area (Å²) >= 11 is 0. The lowest BCUT2D eigenvalue weighted by Gasteiger charge is -2.01. The molecule has 8 heavy (non-hydrogen) atoms. The first-order valence-electron chi connectivity index (χ1n) is 2.98. The highest BCUT2D eigenvalue weighted by molar-refractivity contribution is 4.50. The topological polar surface area (TPSA) is 78.1 Å². The molecule has 0 rings (SSSR count). The first kappa shape index (κ1) is 7.88. The van der Waals surface area contributed by atoms with Crippen LogP contribution in [0.5, 0.6) is 0 Å². The van der Waals surface area contributed by atoms with Gasteiger partial charge in [-0.05, 0) is 25.8 Å². The summed E-state index contributed by atoms with van der Waals surface area (Å²) in [5.74, 6) is 0. The van der Waals surface area contributed by atoms with Gasteiger partial charge in [-0.3, -0.25) is 0 Å². The minimum absolute atomic E-state index is 0.151. The smallest absolute Gasteiger partial charge is 0.0520 e. The molecule has 0 unspecified atom stereocenters. The summed E-state index contributed by atoms with van der Waals surface area (Å²) in [7, 11) is 0. The van der Waals surface area contributed by atoms with Gasteiger partial charge < -0.3 is 17.2 Å². The molecular formula is C5H15N3. The van der Waals surface area contributed by atoms with Crippen LogP contribution in [0.25, 0.3) is 0 Å². The summed E-state index contributed by atoms with van der Waals surface area (Å²) in [6.45, 7) is 0.743. The Kier molecular flexibility index (Phi) is 4.95. The van der Waals surface area contributed by atoms with Crippen LogP contribution in [-0.2, 0) is 0 Å². The predicted octanol–water partition coefficient (Wildman–Crippen LogP) is -0.641. The Morgan fingerprint density at radius 1 is 1.12 bits per heavy atom. The van der Waals surface area contributed by atoms with E-state index in [9.17, 15) is 0 Å². The molecule has 0 fully saturated rings. The summed E-state index contributed by atoms with van der Waals surface area (Å²) in [5, 5.41) is 0. The number of rotatable bonds is 4. The molecule has 0 aliphatic heterocycles. The fraction of sp³-hybridized carbons (Fsp3) is 1.00. The number of unbranched alkanes of at least 4 members (excludes halogenated alkanes) is 1. The fourth-order valence-electron chi connectivity index (χ4n) is 0.524. The van der Waals surface area contributed by atoms with E-state index >= 15 is 0 Å². The maximum Gasteiger partial charge on any atom is 0.0520 e. The average molecular weight is 117 g/mol. The van der Waals surface area contributed by atoms with Crippen molar-refractivity contribution < 1.29 is 0 Å². The van der Waals surface area contributed by atoms with E-state index in [1.165, 1.54) is 0 Å². The molecule has 0 heterocycles. The third-order valence-corrected chi connectivity index (χ3v) is 0.992. The zero-order valence-corrected chi connectivity index (χ0v) is 5.14. The van der Waals surface area contributed by atoms with Crippen LogP contribution in [0.2, 0.25) is 0 Å². The van der Waals surface area contributed by atoms with Gasteiger partial charge in [-0.15, -0.1) is 0 Å². The predicted molar refractivity (Wildman–Crippen MR) is 35.1 cm³/mol. The van der Waals surface area contributed by atoms with Gasteiger partial charge in [0.15, 0.2) is 0 Å². The normalized spacial score (nSPS) is 10.5. The molecule has 0 aliphatic rings. The van der Waals surface area contributed by atoms with Gasteiger partial charge in [0.05, 0.1) is 6.17 Å². The van der Waals surface area contributed by atoms with Gasteiger partial charge in [0.25, 0.3) is 0 Å². The Labute approximate surface area is 50.2 Å². The van der Waals surface area contributed by atoms with Gasteiger partial charge in [0, 0.05) is 0 Å². The van der Waals surface area contributed by atoms with Crippen LogP contribution in [0.3, 0.4) is 0 Å². The van der Waals surface area contributed by atoms with Crippen LogP contribution in [-0.4, -0.2) is 12.7 Å². The minimum Gasteiger partial charge on any atom is -0.330 e. The van der Waals surface area contributed by atoms with Crippen molar-refractivity contribution in [1.29, 1.82) is 0 Å². The van der Waals surface area contributed by atoms with Crippen LogP contribution >= 0.6 is 0 Å². The average Bonchev–Trinajstić information content (AvgIpc) is 1.66. The maximum absolute atomic E-state index is 5.27. The van der Waals surface area contributed by atoms with E-state index in [1.807, 2.05) is 0 Å². The van der Waals surface area contributed by atoms with Gasteiger partial charge in [0.1, 0.15) is 0 Å². The van der Waals surface area contributed by atoms with Gasteiger partial charge in [-0.25, -0.2) is 0 Å². The summed E-state index contributed by atoms with van der Waals surface area (Å²) in [4.78, 5) is 0. The number of nitrogens with two attached hydrogens (primary N) is 3. The zero-order valence-electron chi connectivity index (χ0n) is 5.14. The SMILES string of the molecule is NCCCCC(N)N. The third kappa shape index (κ3) is 5.88. The Balaban J connectivity index is 2.72. The van der Waals surface area contributed by atoms with E-state index in [4.69, 9.17) is 17.2 Å². The van der Waals surface area contributed by atoms with Crippen molar-refractivity contribution in [3.05, 3.63) is 0 Å². The summed E-state index contributed by atoms with van der Waals surface area (Å²) < 4.78 is 0. The largest absolute Gasteiger partial charge is 0.330 e. The molecular weight excluding hydrogens is 102 g/mol. The van der Waals surface area contributed by atoms with Crippen LogP contribution in [0.15, 0.2) is 0 Å². The van der Waals surface area contributed by atoms with Crippen molar-refractivity contribution in [1.82, 2.24) is 0 Å². The second kappa shape index (κ2) is 5.03. The molecule has 0 radical (unpaired) electrons. The second-order valence-corrected chi connectivity index (χ2v) is 1.95. The quantitative estimate of drug-likeness (QED) is 0.338.